The van der Waals surface area contributed by atoms with E-state index in [1.165, 1.54) is 25.5 Å². The van der Waals surface area contributed by atoms with Gasteiger partial charge in [-0.1, -0.05) is 18.7 Å². The van der Waals surface area contributed by atoms with Gasteiger partial charge in [0.05, 0.1) is 13.4 Å². The monoisotopic (exact) mass is 352 g/mol. The van der Waals surface area contributed by atoms with Crippen molar-refractivity contribution < 1.29 is 18.7 Å². The van der Waals surface area contributed by atoms with Crippen LogP contribution in [0.25, 0.3) is 0 Å². The first-order chi connectivity index (χ1) is 11.5. The molecule has 0 aromatic carbocycles. The number of rotatable bonds is 6. The van der Waals surface area contributed by atoms with Crippen molar-refractivity contribution in [1.82, 2.24) is 9.97 Å². The van der Waals surface area contributed by atoms with Crippen molar-refractivity contribution in [1.29, 1.82) is 0 Å². The Morgan fingerprint density at radius 1 is 1.54 bits per heavy atom. The van der Waals surface area contributed by atoms with Crippen LogP contribution in [0.1, 0.15) is 23.9 Å². The van der Waals surface area contributed by atoms with Crippen LogP contribution in [0.4, 0.5) is 11.5 Å². The van der Waals surface area contributed by atoms with Crippen molar-refractivity contribution in [3.63, 3.8) is 0 Å². The lowest BCUT2D eigenvalue weighted by Crippen LogP contribution is -2.24. The molecule has 10 heteroatoms. The van der Waals surface area contributed by atoms with Crippen LogP contribution in [0.2, 0.25) is 0 Å². The summed E-state index contributed by atoms with van der Waals surface area (Å²) in [5, 5.41) is 1.98. The number of methoxy groups -OCH3 is 1. The maximum atomic E-state index is 12.1. The number of aromatic nitrogens is 2. The van der Waals surface area contributed by atoms with Gasteiger partial charge in [0.1, 0.15) is 5.25 Å². The summed E-state index contributed by atoms with van der Waals surface area (Å²) < 4.78 is 9.61. The van der Waals surface area contributed by atoms with Gasteiger partial charge >= 0.3 is 5.97 Å². The molecule has 2 heterocycles. The number of H-pyrrole nitrogens is 1. The number of hydrogen-bond acceptors (Lipinski definition) is 8. The number of carbonyl (C=O) groups excluding carboxylic acids is 2. The highest BCUT2D eigenvalue weighted by Crippen LogP contribution is 2.24. The van der Waals surface area contributed by atoms with Gasteiger partial charge in [-0.3, -0.25) is 19.4 Å². The van der Waals surface area contributed by atoms with E-state index in [9.17, 15) is 14.4 Å². The largest absolute Gasteiger partial charge is 0.468 e. The number of ether oxygens (including phenoxy) is 1. The van der Waals surface area contributed by atoms with E-state index in [0.717, 1.165) is 11.8 Å². The smallest absolute Gasteiger partial charge is 0.319 e. The molecular weight excluding hydrogens is 336 g/mol. The topological polar surface area (TPSA) is 140 Å². The van der Waals surface area contributed by atoms with Gasteiger partial charge in [-0.15, -0.1) is 0 Å². The number of carbonyl (C=O) groups is 2. The van der Waals surface area contributed by atoms with E-state index in [-0.39, 0.29) is 22.4 Å². The summed E-state index contributed by atoms with van der Waals surface area (Å²) in [4.78, 5) is 42.1. The van der Waals surface area contributed by atoms with Gasteiger partial charge in [0.2, 0.25) is 0 Å². The van der Waals surface area contributed by atoms with E-state index in [4.69, 9.17) is 10.2 Å². The van der Waals surface area contributed by atoms with Crippen LogP contribution in [0.3, 0.4) is 0 Å². The van der Waals surface area contributed by atoms with Gasteiger partial charge in [-0.05, 0) is 18.6 Å². The van der Waals surface area contributed by atoms with E-state index >= 15 is 0 Å². The third-order valence-corrected chi connectivity index (χ3v) is 4.22. The number of anilines is 2. The van der Waals surface area contributed by atoms with E-state index < -0.39 is 22.7 Å². The van der Waals surface area contributed by atoms with Crippen LogP contribution in [0.5, 0.6) is 0 Å². The predicted molar refractivity (Wildman–Crippen MR) is 87.9 cm³/mol. The molecule has 1 unspecified atom stereocenters. The summed E-state index contributed by atoms with van der Waals surface area (Å²) in [6.45, 7) is 1.80. The Morgan fingerprint density at radius 2 is 2.29 bits per heavy atom. The van der Waals surface area contributed by atoms with E-state index in [1.807, 2.05) is 0 Å². The second kappa shape index (κ2) is 7.68. The number of aromatic amines is 1. The van der Waals surface area contributed by atoms with Crippen LogP contribution in [0.15, 0.2) is 32.8 Å². The molecule has 0 spiro atoms. The Labute approximate surface area is 141 Å². The second-order valence-corrected chi connectivity index (χ2v) is 5.79. The minimum absolute atomic E-state index is 0.0315. The first-order valence-corrected chi connectivity index (χ1v) is 7.83. The maximum absolute atomic E-state index is 12.1. The molecule has 0 aliphatic heterocycles. The Bertz CT molecular complexity index is 787. The summed E-state index contributed by atoms with van der Waals surface area (Å²) in [5.41, 5.74) is 4.92. The normalized spacial score (nSPS) is 11.8. The highest BCUT2D eigenvalue weighted by molar-refractivity contribution is 8.00. The van der Waals surface area contributed by atoms with Gasteiger partial charge in [-0.2, -0.15) is 0 Å². The number of nitrogen functional groups attached to an aromatic ring is 1. The number of nitrogens with two attached hydrogens (primary N) is 1. The molecule has 2 aromatic heterocycles. The molecule has 2 rings (SSSR count). The van der Waals surface area contributed by atoms with Crippen molar-refractivity contribution in [2.24, 2.45) is 0 Å². The predicted octanol–water partition coefficient (Wildman–Crippen LogP) is 1.24. The molecule has 0 aliphatic carbocycles. The van der Waals surface area contributed by atoms with Gasteiger partial charge in [-0.25, -0.2) is 4.98 Å². The lowest BCUT2D eigenvalue weighted by atomic mass is 10.3. The zero-order chi connectivity index (χ0) is 17.7. The average Bonchev–Trinajstić information content (AvgIpc) is 3.09. The van der Waals surface area contributed by atoms with Crippen molar-refractivity contribution in [2.45, 2.75) is 23.8 Å². The first kappa shape index (κ1) is 17.6. The van der Waals surface area contributed by atoms with Crippen molar-refractivity contribution in [3.8, 4) is 0 Å². The lowest BCUT2D eigenvalue weighted by molar-refractivity contribution is -0.140. The Kier molecular flexibility index (Phi) is 5.64. The molecule has 1 amide bonds. The second-order valence-electron chi connectivity index (χ2n) is 4.60. The minimum atomic E-state index is -0.635. The van der Waals surface area contributed by atoms with E-state index in [0.29, 0.717) is 6.42 Å². The number of nitrogens with zero attached hydrogens (tertiary/aromatic N) is 1. The van der Waals surface area contributed by atoms with Crippen molar-refractivity contribution >= 4 is 35.1 Å². The fourth-order valence-corrected chi connectivity index (χ4v) is 2.72. The molecule has 0 saturated carbocycles. The molecule has 0 saturated heterocycles. The van der Waals surface area contributed by atoms with Crippen LogP contribution in [-0.4, -0.2) is 34.2 Å². The molecule has 4 N–H and O–H groups in total. The summed E-state index contributed by atoms with van der Waals surface area (Å²) >= 11 is 1.02. The zero-order valence-corrected chi connectivity index (χ0v) is 13.8. The Hall–Kier alpha value is -2.75. The Morgan fingerprint density at radius 3 is 2.83 bits per heavy atom. The van der Waals surface area contributed by atoms with Crippen molar-refractivity contribution in [2.75, 3.05) is 18.2 Å². The maximum Gasteiger partial charge on any atom is 0.319 e. The Balaban J connectivity index is 2.20. The minimum Gasteiger partial charge on any atom is -0.468 e. The van der Waals surface area contributed by atoms with E-state index in [1.54, 1.807) is 6.92 Å². The van der Waals surface area contributed by atoms with Crippen LogP contribution in [0, 0.1) is 0 Å². The zero-order valence-electron chi connectivity index (χ0n) is 13.0. The lowest BCUT2D eigenvalue weighted by Gasteiger charge is -2.12. The molecule has 0 aliphatic rings. The summed E-state index contributed by atoms with van der Waals surface area (Å²) in [6, 6.07) is 2.98. The van der Waals surface area contributed by atoms with Gasteiger partial charge in [0.15, 0.2) is 22.4 Å². The van der Waals surface area contributed by atoms with Crippen molar-refractivity contribution in [3.05, 3.63) is 34.5 Å². The van der Waals surface area contributed by atoms with Crippen LogP contribution in [-0.2, 0) is 9.53 Å². The molecule has 1 atom stereocenters. The summed E-state index contributed by atoms with van der Waals surface area (Å²) in [7, 11) is 1.28. The molecular formula is C14H16N4O5S. The number of furan rings is 1. The number of nitrogens with one attached hydrogen (secondary N) is 2. The highest BCUT2D eigenvalue weighted by atomic mass is 32.2. The first-order valence-electron chi connectivity index (χ1n) is 6.95. The van der Waals surface area contributed by atoms with Crippen LogP contribution < -0.4 is 16.6 Å². The number of amides is 1. The quantitative estimate of drug-likeness (QED) is 0.401. The molecule has 0 bridgehead atoms. The molecule has 0 radical (unpaired) electrons. The van der Waals surface area contributed by atoms with Crippen LogP contribution >= 0.6 is 11.8 Å². The molecule has 0 fully saturated rings. The fourth-order valence-electron chi connectivity index (χ4n) is 1.79. The standard InChI is InChI=1S/C14H16N4O5S/c1-3-8(13(21)22-2)24-14-17-10(15)9(12(20)18-14)16-11(19)7-5-4-6-23-7/h4-6,8H,3H2,1-2H3,(H,16,19)(H3,15,17,18,20). The summed E-state index contributed by atoms with van der Waals surface area (Å²) in [5.74, 6) is -1.19. The third kappa shape index (κ3) is 3.96. The van der Waals surface area contributed by atoms with E-state index in [2.05, 4.69) is 20.0 Å². The SMILES string of the molecule is CCC(Sc1nc(N)c(NC(=O)c2ccco2)c(=O)[nH]1)C(=O)OC. The number of esters is 1. The molecule has 2 aromatic rings. The van der Waals surface area contributed by atoms with Gasteiger partial charge < -0.3 is 20.2 Å². The number of hydrogen-bond donors (Lipinski definition) is 3. The average molecular weight is 352 g/mol. The highest BCUT2D eigenvalue weighted by Gasteiger charge is 2.21. The third-order valence-electron chi connectivity index (χ3n) is 3.00. The fraction of sp³-hybridized carbons (Fsp3) is 0.286. The van der Waals surface area contributed by atoms with Gasteiger partial charge in [0, 0.05) is 0 Å². The molecule has 9 nitrogen and oxygen atoms in total. The van der Waals surface area contributed by atoms with Gasteiger partial charge in [0.25, 0.3) is 11.5 Å². The number of thioether (sulfide) groups is 1. The molecule has 128 valence electrons. The summed E-state index contributed by atoms with van der Waals surface area (Å²) in [6.07, 6.45) is 1.82. The molecule has 24 heavy (non-hydrogen) atoms.